The maximum atomic E-state index is 11.0. The molecule has 6 heteroatoms. The highest BCUT2D eigenvalue weighted by molar-refractivity contribution is 5.84. The van der Waals surface area contributed by atoms with Crippen molar-refractivity contribution in [2.24, 2.45) is 0 Å². The third-order valence-corrected chi connectivity index (χ3v) is 1.98. The first-order valence-corrected chi connectivity index (χ1v) is 5.31. The van der Waals surface area contributed by atoms with Crippen molar-refractivity contribution < 1.29 is 23.8 Å². The standard InChI is InChI=1S/C11H15NO5/c1-2-16-10(13)5-6-12-7-8-3-4-9(17-8)11(14)15/h3-4,12H,2,5-7H2,1H3,(H,14,15). The largest absolute Gasteiger partial charge is 0.475 e. The Morgan fingerprint density at radius 2 is 2.24 bits per heavy atom. The molecule has 17 heavy (non-hydrogen) atoms. The number of carbonyl (C=O) groups is 2. The van der Waals surface area contributed by atoms with Gasteiger partial charge in [-0.25, -0.2) is 4.79 Å². The van der Waals surface area contributed by atoms with Gasteiger partial charge in [-0.3, -0.25) is 4.79 Å². The molecule has 0 amide bonds. The van der Waals surface area contributed by atoms with Crippen molar-refractivity contribution in [1.29, 1.82) is 0 Å². The van der Waals surface area contributed by atoms with E-state index in [2.05, 4.69) is 5.32 Å². The number of hydrogen-bond acceptors (Lipinski definition) is 5. The average Bonchev–Trinajstić information content (AvgIpc) is 2.73. The van der Waals surface area contributed by atoms with Crippen LogP contribution in [-0.2, 0) is 16.1 Å². The van der Waals surface area contributed by atoms with Crippen LogP contribution in [0.3, 0.4) is 0 Å². The number of esters is 1. The summed E-state index contributed by atoms with van der Waals surface area (Å²) in [6, 6.07) is 2.98. The molecule has 0 spiro atoms. The first kappa shape index (κ1) is 13.2. The molecule has 0 fully saturated rings. The molecule has 2 N–H and O–H groups in total. The molecular formula is C11H15NO5. The Morgan fingerprint density at radius 3 is 2.82 bits per heavy atom. The van der Waals surface area contributed by atoms with E-state index in [4.69, 9.17) is 14.3 Å². The van der Waals surface area contributed by atoms with Crippen molar-refractivity contribution in [3.05, 3.63) is 23.7 Å². The van der Waals surface area contributed by atoms with E-state index in [1.807, 2.05) is 0 Å². The second kappa shape index (κ2) is 6.70. The highest BCUT2D eigenvalue weighted by Gasteiger charge is 2.08. The van der Waals surface area contributed by atoms with Gasteiger partial charge in [-0.05, 0) is 19.1 Å². The van der Waals surface area contributed by atoms with Crippen LogP contribution in [-0.4, -0.2) is 30.2 Å². The SMILES string of the molecule is CCOC(=O)CCNCc1ccc(C(=O)O)o1. The molecule has 1 heterocycles. The molecule has 6 nitrogen and oxygen atoms in total. The number of carboxylic acids is 1. The normalized spacial score (nSPS) is 10.2. The lowest BCUT2D eigenvalue weighted by Crippen LogP contribution is -2.18. The van der Waals surface area contributed by atoms with Crippen LogP contribution in [0, 0.1) is 0 Å². The van der Waals surface area contributed by atoms with Crippen molar-refractivity contribution in [1.82, 2.24) is 5.32 Å². The fraction of sp³-hybridized carbons (Fsp3) is 0.455. The van der Waals surface area contributed by atoms with E-state index < -0.39 is 5.97 Å². The monoisotopic (exact) mass is 241 g/mol. The quantitative estimate of drug-likeness (QED) is 0.547. The van der Waals surface area contributed by atoms with E-state index in [1.165, 1.54) is 6.07 Å². The Balaban J connectivity index is 2.22. The molecule has 0 saturated carbocycles. The van der Waals surface area contributed by atoms with E-state index in [1.54, 1.807) is 13.0 Å². The molecule has 94 valence electrons. The van der Waals surface area contributed by atoms with Crippen LogP contribution < -0.4 is 5.32 Å². The van der Waals surface area contributed by atoms with Gasteiger partial charge in [0, 0.05) is 6.54 Å². The molecule has 1 aromatic rings. The van der Waals surface area contributed by atoms with Gasteiger partial charge in [0.25, 0.3) is 0 Å². The van der Waals surface area contributed by atoms with Crippen LogP contribution in [0.15, 0.2) is 16.5 Å². The van der Waals surface area contributed by atoms with Crippen LogP contribution in [0.2, 0.25) is 0 Å². The number of aromatic carboxylic acids is 1. The molecule has 0 aliphatic heterocycles. The number of ether oxygens (including phenoxy) is 1. The minimum absolute atomic E-state index is 0.0906. The highest BCUT2D eigenvalue weighted by atomic mass is 16.5. The van der Waals surface area contributed by atoms with Crippen LogP contribution in [0.5, 0.6) is 0 Å². The van der Waals surface area contributed by atoms with Gasteiger partial charge < -0.3 is 19.6 Å². The van der Waals surface area contributed by atoms with E-state index in [0.29, 0.717) is 25.5 Å². The third-order valence-electron chi connectivity index (χ3n) is 1.98. The summed E-state index contributed by atoms with van der Waals surface area (Å²) < 4.78 is 9.77. The molecule has 0 bridgehead atoms. The minimum atomic E-state index is -1.09. The molecule has 0 aliphatic carbocycles. The maximum absolute atomic E-state index is 11.0. The zero-order valence-corrected chi connectivity index (χ0v) is 9.56. The lowest BCUT2D eigenvalue weighted by molar-refractivity contribution is -0.142. The number of nitrogens with one attached hydrogen (secondary N) is 1. The molecule has 0 aliphatic rings. The molecule has 1 rings (SSSR count). The predicted octanol–water partition coefficient (Wildman–Crippen LogP) is 1.02. The van der Waals surface area contributed by atoms with Gasteiger partial charge in [-0.2, -0.15) is 0 Å². The molecule has 0 unspecified atom stereocenters. The van der Waals surface area contributed by atoms with Gasteiger partial charge >= 0.3 is 11.9 Å². The van der Waals surface area contributed by atoms with Crippen LogP contribution >= 0.6 is 0 Å². The van der Waals surface area contributed by atoms with E-state index in [0.717, 1.165) is 0 Å². The molecular weight excluding hydrogens is 226 g/mol. The Bertz CT molecular complexity index is 385. The molecule has 0 atom stereocenters. The molecule has 0 radical (unpaired) electrons. The Morgan fingerprint density at radius 1 is 1.47 bits per heavy atom. The topological polar surface area (TPSA) is 88.8 Å². The Hall–Kier alpha value is -1.82. The number of rotatable bonds is 7. The minimum Gasteiger partial charge on any atom is -0.475 e. The number of hydrogen-bond donors (Lipinski definition) is 2. The average molecular weight is 241 g/mol. The fourth-order valence-electron chi connectivity index (χ4n) is 1.22. The summed E-state index contributed by atoms with van der Waals surface area (Å²) in [7, 11) is 0. The lowest BCUT2D eigenvalue weighted by atomic mass is 10.4. The zero-order chi connectivity index (χ0) is 12.7. The van der Waals surface area contributed by atoms with Crippen molar-refractivity contribution >= 4 is 11.9 Å². The predicted molar refractivity (Wildman–Crippen MR) is 58.6 cm³/mol. The van der Waals surface area contributed by atoms with Crippen molar-refractivity contribution in [3.8, 4) is 0 Å². The summed E-state index contributed by atoms with van der Waals surface area (Å²) in [4.78, 5) is 21.5. The summed E-state index contributed by atoms with van der Waals surface area (Å²) in [6.45, 7) is 2.97. The Kier molecular flexibility index (Phi) is 5.22. The summed E-state index contributed by atoms with van der Waals surface area (Å²) in [5.74, 6) is -0.924. The van der Waals surface area contributed by atoms with Gasteiger partial charge in [-0.15, -0.1) is 0 Å². The van der Waals surface area contributed by atoms with E-state index in [9.17, 15) is 9.59 Å². The number of furan rings is 1. The smallest absolute Gasteiger partial charge is 0.371 e. The van der Waals surface area contributed by atoms with Crippen molar-refractivity contribution in [2.45, 2.75) is 19.9 Å². The van der Waals surface area contributed by atoms with E-state index >= 15 is 0 Å². The second-order valence-electron chi connectivity index (χ2n) is 3.30. The summed E-state index contributed by atoms with van der Waals surface area (Å²) in [6.07, 6.45) is 0.278. The van der Waals surface area contributed by atoms with Crippen molar-refractivity contribution in [3.63, 3.8) is 0 Å². The lowest BCUT2D eigenvalue weighted by Gasteiger charge is -2.02. The van der Waals surface area contributed by atoms with Gasteiger partial charge in [0.05, 0.1) is 19.6 Å². The summed E-state index contributed by atoms with van der Waals surface area (Å²) >= 11 is 0. The fourth-order valence-corrected chi connectivity index (χ4v) is 1.22. The maximum Gasteiger partial charge on any atom is 0.371 e. The molecule has 0 saturated heterocycles. The van der Waals surface area contributed by atoms with E-state index in [-0.39, 0.29) is 18.2 Å². The van der Waals surface area contributed by atoms with Gasteiger partial charge in [0.2, 0.25) is 5.76 Å². The summed E-state index contributed by atoms with van der Waals surface area (Å²) in [5, 5.41) is 11.6. The number of carboxylic acid groups (broad SMARTS) is 1. The molecule has 1 aromatic heterocycles. The van der Waals surface area contributed by atoms with Crippen LogP contribution in [0.1, 0.15) is 29.7 Å². The van der Waals surface area contributed by atoms with Crippen molar-refractivity contribution in [2.75, 3.05) is 13.2 Å². The van der Waals surface area contributed by atoms with Gasteiger partial charge in [0.15, 0.2) is 0 Å². The first-order chi connectivity index (χ1) is 8.13. The third kappa shape index (κ3) is 4.69. The Labute approximate surface area is 98.6 Å². The zero-order valence-electron chi connectivity index (χ0n) is 9.56. The first-order valence-electron chi connectivity index (χ1n) is 5.31. The number of carbonyl (C=O) groups excluding carboxylic acids is 1. The highest BCUT2D eigenvalue weighted by Crippen LogP contribution is 2.07. The van der Waals surface area contributed by atoms with Gasteiger partial charge in [0.1, 0.15) is 5.76 Å². The van der Waals surface area contributed by atoms with Crippen LogP contribution in [0.25, 0.3) is 0 Å². The molecule has 0 aromatic carbocycles. The van der Waals surface area contributed by atoms with Crippen LogP contribution in [0.4, 0.5) is 0 Å². The van der Waals surface area contributed by atoms with Gasteiger partial charge in [-0.1, -0.05) is 0 Å². The second-order valence-corrected chi connectivity index (χ2v) is 3.30. The summed E-state index contributed by atoms with van der Waals surface area (Å²) in [5.41, 5.74) is 0.